The second kappa shape index (κ2) is 4.94. The van der Waals surface area contributed by atoms with Crippen LogP contribution in [0.2, 0.25) is 0 Å². The van der Waals surface area contributed by atoms with Gasteiger partial charge in [0.1, 0.15) is 5.75 Å². The lowest BCUT2D eigenvalue weighted by molar-refractivity contribution is -0.143. The quantitative estimate of drug-likeness (QED) is 0.655. The molecule has 0 aliphatic rings. The molecule has 1 aromatic rings. The van der Waals surface area contributed by atoms with E-state index in [1.54, 1.807) is 0 Å². The summed E-state index contributed by atoms with van der Waals surface area (Å²) < 4.78 is 46.1. The lowest BCUT2D eigenvalue weighted by atomic mass is 10.2. The average molecular weight is 249 g/mol. The number of anilines is 1. The highest BCUT2D eigenvalue weighted by Crippen LogP contribution is 2.33. The number of carbonyl (C=O) groups is 1. The van der Waals surface area contributed by atoms with Gasteiger partial charge in [0.05, 0.1) is 18.4 Å². The molecular weight excluding hydrogens is 239 g/mol. The minimum absolute atomic E-state index is 0.00315. The molecule has 17 heavy (non-hydrogen) atoms. The van der Waals surface area contributed by atoms with Crippen LogP contribution >= 0.6 is 0 Å². The molecule has 0 heterocycles. The van der Waals surface area contributed by atoms with Crippen LogP contribution in [0.25, 0.3) is 0 Å². The van der Waals surface area contributed by atoms with E-state index in [1.165, 1.54) is 7.11 Å². The van der Waals surface area contributed by atoms with E-state index in [-0.39, 0.29) is 11.4 Å². The number of rotatable bonds is 3. The lowest BCUT2D eigenvalue weighted by Gasteiger charge is -2.11. The molecule has 0 atom stereocenters. The van der Waals surface area contributed by atoms with Crippen molar-refractivity contribution >= 4 is 11.7 Å². The molecule has 0 aromatic heterocycles. The normalized spacial score (nSPS) is 11.1. The molecule has 1 aromatic carbocycles. The van der Waals surface area contributed by atoms with Crippen LogP contribution in [0.5, 0.6) is 5.75 Å². The second-order valence-electron chi connectivity index (χ2n) is 3.12. The summed E-state index contributed by atoms with van der Waals surface area (Å²) in [5.41, 5.74) is 4.30. The second-order valence-corrected chi connectivity index (χ2v) is 3.12. The first-order valence-electron chi connectivity index (χ1n) is 4.51. The number of benzene rings is 1. The van der Waals surface area contributed by atoms with Gasteiger partial charge in [-0.15, -0.1) is 0 Å². The van der Waals surface area contributed by atoms with Crippen molar-refractivity contribution in [3.8, 4) is 5.75 Å². The molecule has 2 N–H and O–H groups in total. The fourth-order valence-corrected chi connectivity index (χ4v) is 1.05. The molecule has 0 bridgehead atoms. The first-order chi connectivity index (χ1) is 7.84. The van der Waals surface area contributed by atoms with Crippen LogP contribution in [0.15, 0.2) is 18.2 Å². The molecular formula is C10H10F3NO3. The Bertz CT molecular complexity index is 418. The minimum Gasteiger partial charge on any atom is -0.480 e. The third kappa shape index (κ3) is 3.54. The minimum atomic E-state index is -4.46. The first-order valence-corrected chi connectivity index (χ1v) is 4.51. The van der Waals surface area contributed by atoms with E-state index in [0.717, 1.165) is 18.2 Å². The Hall–Kier alpha value is -1.92. The molecule has 0 unspecified atom stereocenters. The molecule has 0 aliphatic carbocycles. The molecule has 0 aliphatic heterocycles. The Morgan fingerprint density at radius 2 is 2.06 bits per heavy atom. The molecule has 4 nitrogen and oxygen atoms in total. The number of carbonyl (C=O) groups excluding carboxylic acids is 1. The van der Waals surface area contributed by atoms with Crippen LogP contribution in [0, 0.1) is 0 Å². The van der Waals surface area contributed by atoms with Gasteiger partial charge in [-0.1, -0.05) is 0 Å². The smallest absolute Gasteiger partial charge is 0.416 e. The average Bonchev–Trinajstić information content (AvgIpc) is 2.25. The molecule has 0 amide bonds. The zero-order valence-electron chi connectivity index (χ0n) is 8.88. The summed E-state index contributed by atoms with van der Waals surface area (Å²) in [6, 6.07) is 2.62. The predicted molar refractivity (Wildman–Crippen MR) is 53.4 cm³/mol. The molecule has 7 heteroatoms. The summed E-state index contributed by atoms with van der Waals surface area (Å²) >= 11 is 0. The molecule has 0 radical (unpaired) electrons. The van der Waals surface area contributed by atoms with Gasteiger partial charge >= 0.3 is 12.1 Å². The maximum absolute atomic E-state index is 12.3. The number of hydrogen-bond acceptors (Lipinski definition) is 4. The van der Waals surface area contributed by atoms with Gasteiger partial charge in [0.25, 0.3) is 0 Å². The highest BCUT2D eigenvalue weighted by Gasteiger charge is 2.30. The summed E-state index contributed by atoms with van der Waals surface area (Å²) in [6.45, 7) is -0.411. The summed E-state index contributed by atoms with van der Waals surface area (Å²) in [7, 11) is 1.17. The third-order valence-electron chi connectivity index (χ3n) is 1.91. The number of nitrogen functional groups attached to an aromatic ring is 1. The van der Waals surface area contributed by atoms with Crippen molar-refractivity contribution in [3.05, 3.63) is 23.8 Å². The molecule has 0 saturated heterocycles. The van der Waals surface area contributed by atoms with E-state index in [2.05, 4.69) is 4.74 Å². The summed E-state index contributed by atoms with van der Waals surface area (Å²) in [6.07, 6.45) is -4.46. The molecule has 0 saturated carbocycles. The Morgan fingerprint density at radius 3 is 2.53 bits per heavy atom. The van der Waals surface area contributed by atoms with Crippen LogP contribution in [0.3, 0.4) is 0 Å². The maximum atomic E-state index is 12.3. The Labute approximate surface area is 95.1 Å². The number of methoxy groups -OCH3 is 1. The lowest BCUT2D eigenvalue weighted by Crippen LogP contribution is -2.13. The number of nitrogens with two attached hydrogens (primary N) is 1. The van der Waals surface area contributed by atoms with Gasteiger partial charge < -0.3 is 15.2 Å². The zero-order chi connectivity index (χ0) is 13.1. The number of halogens is 3. The largest absolute Gasteiger partial charge is 0.480 e. The summed E-state index contributed by atoms with van der Waals surface area (Å²) in [5, 5.41) is 0. The summed E-state index contributed by atoms with van der Waals surface area (Å²) in [5.74, 6) is -0.646. The standard InChI is InChI=1S/C10H10F3NO3/c1-16-9(15)5-17-8-3-2-6(4-7(8)14)10(11,12)13/h2-4H,5,14H2,1H3. The number of hydrogen-bond donors (Lipinski definition) is 1. The number of esters is 1. The van der Waals surface area contributed by atoms with Crippen molar-refractivity contribution in [2.75, 3.05) is 19.5 Å². The third-order valence-corrected chi connectivity index (χ3v) is 1.91. The van der Waals surface area contributed by atoms with Crippen LogP contribution in [-0.2, 0) is 15.7 Å². The maximum Gasteiger partial charge on any atom is 0.416 e. The van der Waals surface area contributed by atoms with E-state index in [9.17, 15) is 18.0 Å². The Morgan fingerprint density at radius 1 is 1.41 bits per heavy atom. The Balaban J connectivity index is 2.80. The predicted octanol–water partition coefficient (Wildman–Crippen LogP) is 1.84. The van der Waals surface area contributed by atoms with Crippen molar-refractivity contribution in [2.24, 2.45) is 0 Å². The van der Waals surface area contributed by atoms with Gasteiger partial charge in [0, 0.05) is 0 Å². The van der Waals surface area contributed by atoms with Gasteiger partial charge in [0.15, 0.2) is 6.61 Å². The van der Waals surface area contributed by atoms with Crippen LogP contribution < -0.4 is 10.5 Å². The van der Waals surface area contributed by atoms with Crippen LogP contribution in [-0.4, -0.2) is 19.7 Å². The SMILES string of the molecule is COC(=O)COc1ccc(C(F)(F)F)cc1N. The monoisotopic (exact) mass is 249 g/mol. The highest BCUT2D eigenvalue weighted by molar-refractivity contribution is 5.71. The fourth-order valence-electron chi connectivity index (χ4n) is 1.05. The zero-order valence-corrected chi connectivity index (χ0v) is 8.88. The fraction of sp³-hybridized carbons (Fsp3) is 0.300. The van der Waals surface area contributed by atoms with E-state index >= 15 is 0 Å². The van der Waals surface area contributed by atoms with Gasteiger partial charge in [-0.3, -0.25) is 0 Å². The number of alkyl halides is 3. The van der Waals surface area contributed by atoms with Crippen molar-refractivity contribution in [1.29, 1.82) is 0 Å². The van der Waals surface area contributed by atoms with Crippen LogP contribution in [0.4, 0.5) is 18.9 Å². The molecule has 94 valence electrons. The van der Waals surface area contributed by atoms with E-state index in [4.69, 9.17) is 10.5 Å². The topological polar surface area (TPSA) is 61.5 Å². The summed E-state index contributed by atoms with van der Waals surface area (Å²) in [4.78, 5) is 10.8. The van der Waals surface area contributed by atoms with Gasteiger partial charge in [-0.2, -0.15) is 13.2 Å². The van der Waals surface area contributed by atoms with Gasteiger partial charge in [0.2, 0.25) is 0 Å². The number of ether oxygens (including phenoxy) is 2. The van der Waals surface area contributed by atoms with Gasteiger partial charge in [-0.25, -0.2) is 4.79 Å². The first kappa shape index (κ1) is 13.1. The molecule has 0 fully saturated rings. The van der Waals surface area contributed by atoms with Crippen molar-refractivity contribution in [3.63, 3.8) is 0 Å². The van der Waals surface area contributed by atoms with E-state index < -0.39 is 24.3 Å². The van der Waals surface area contributed by atoms with Gasteiger partial charge in [-0.05, 0) is 18.2 Å². The van der Waals surface area contributed by atoms with E-state index in [0.29, 0.717) is 0 Å². The van der Waals surface area contributed by atoms with Crippen molar-refractivity contribution < 1.29 is 27.4 Å². The van der Waals surface area contributed by atoms with E-state index in [1.807, 2.05) is 0 Å². The van der Waals surface area contributed by atoms with Crippen LogP contribution in [0.1, 0.15) is 5.56 Å². The molecule has 1 rings (SSSR count). The highest BCUT2D eigenvalue weighted by atomic mass is 19.4. The van der Waals surface area contributed by atoms with Crippen molar-refractivity contribution in [2.45, 2.75) is 6.18 Å². The Kier molecular flexibility index (Phi) is 3.82. The van der Waals surface area contributed by atoms with Crippen molar-refractivity contribution in [1.82, 2.24) is 0 Å². The molecule has 0 spiro atoms.